The summed E-state index contributed by atoms with van der Waals surface area (Å²) in [6.45, 7) is 4.70. The van der Waals surface area contributed by atoms with E-state index in [1.807, 2.05) is 18.2 Å². The van der Waals surface area contributed by atoms with Crippen molar-refractivity contribution < 1.29 is 15.1 Å². The summed E-state index contributed by atoms with van der Waals surface area (Å²) in [4.78, 5) is 10.3. The molecule has 8 heteroatoms. The van der Waals surface area contributed by atoms with Gasteiger partial charge in [-0.05, 0) is 24.6 Å². The molecule has 2 bridgehead atoms. The number of halogens is 2. The summed E-state index contributed by atoms with van der Waals surface area (Å²) < 4.78 is 1.20. The Labute approximate surface area is 179 Å². The maximum atomic E-state index is 10.5. The lowest BCUT2D eigenvalue weighted by Gasteiger charge is -2.36. The highest BCUT2D eigenvalue weighted by atomic mass is 35.5. The SMILES string of the molecule is Oc1c2c(c(O)n1OCCN1CCN(c3ccc(Cl)c(Cl)c3)CC1)C1C=CC2C1. The fourth-order valence-corrected chi connectivity index (χ4v) is 5.01. The van der Waals surface area contributed by atoms with Gasteiger partial charge in [-0.2, -0.15) is 0 Å². The first-order valence-corrected chi connectivity index (χ1v) is 10.7. The van der Waals surface area contributed by atoms with E-state index in [1.165, 1.54) is 4.73 Å². The lowest BCUT2D eigenvalue weighted by Crippen LogP contribution is -2.47. The minimum atomic E-state index is 0.0405. The first-order chi connectivity index (χ1) is 14.0. The number of anilines is 1. The number of nitrogens with zero attached hydrogens (tertiary/aromatic N) is 3. The van der Waals surface area contributed by atoms with Crippen molar-refractivity contribution in [2.24, 2.45) is 0 Å². The molecule has 0 radical (unpaired) electrons. The number of aromatic nitrogens is 1. The zero-order valence-electron chi connectivity index (χ0n) is 15.9. The molecule has 2 heterocycles. The van der Waals surface area contributed by atoms with Crippen molar-refractivity contribution in [3.05, 3.63) is 51.5 Å². The van der Waals surface area contributed by atoms with Gasteiger partial charge in [0.15, 0.2) is 0 Å². The third-order valence-corrected chi connectivity index (χ3v) is 6.99. The van der Waals surface area contributed by atoms with Crippen molar-refractivity contribution in [1.82, 2.24) is 9.63 Å². The highest BCUT2D eigenvalue weighted by Crippen LogP contribution is 2.56. The molecule has 2 aromatic rings. The molecule has 154 valence electrons. The highest BCUT2D eigenvalue weighted by Gasteiger charge is 2.41. The van der Waals surface area contributed by atoms with Crippen LogP contribution in [0.25, 0.3) is 0 Å². The molecular weight excluding hydrogens is 413 g/mol. The lowest BCUT2D eigenvalue weighted by atomic mass is 10.0. The maximum absolute atomic E-state index is 10.5. The number of rotatable bonds is 5. The minimum absolute atomic E-state index is 0.0405. The van der Waals surface area contributed by atoms with Crippen LogP contribution in [0.2, 0.25) is 10.0 Å². The van der Waals surface area contributed by atoms with Crippen LogP contribution in [0.5, 0.6) is 11.8 Å². The summed E-state index contributed by atoms with van der Waals surface area (Å²) in [6, 6.07) is 5.72. The number of hydrogen-bond donors (Lipinski definition) is 2. The van der Waals surface area contributed by atoms with Crippen LogP contribution in [0.15, 0.2) is 30.4 Å². The molecule has 29 heavy (non-hydrogen) atoms. The molecule has 1 aromatic heterocycles. The van der Waals surface area contributed by atoms with E-state index >= 15 is 0 Å². The Morgan fingerprint density at radius 2 is 1.59 bits per heavy atom. The summed E-state index contributed by atoms with van der Waals surface area (Å²) in [6.07, 6.45) is 5.14. The van der Waals surface area contributed by atoms with Crippen molar-refractivity contribution in [3.8, 4) is 11.8 Å². The molecule has 3 aliphatic rings. The molecule has 2 atom stereocenters. The molecule has 2 N–H and O–H groups in total. The van der Waals surface area contributed by atoms with Crippen LogP contribution < -0.4 is 9.74 Å². The second-order valence-electron chi connectivity index (χ2n) is 7.86. The van der Waals surface area contributed by atoms with Crippen LogP contribution in [0.4, 0.5) is 5.69 Å². The van der Waals surface area contributed by atoms with E-state index in [4.69, 9.17) is 28.0 Å². The number of allylic oxidation sites excluding steroid dienone is 2. The zero-order valence-corrected chi connectivity index (χ0v) is 17.4. The molecule has 1 saturated heterocycles. The van der Waals surface area contributed by atoms with E-state index in [0.717, 1.165) is 56.0 Å². The molecule has 0 saturated carbocycles. The molecule has 5 rings (SSSR count). The van der Waals surface area contributed by atoms with Crippen molar-refractivity contribution in [3.63, 3.8) is 0 Å². The summed E-state index contributed by atoms with van der Waals surface area (Å²) in [5, 5.41) is 22.1. The summed E-state index contributed by atoms with van der Waals surface area (Å²) >= 11 is 12.1. The molecule has 2 unspecified atom stereocenters. The summed E-state index contributed by atoms with van der Waals surface area (Å²) in [5.74, 6) is 0.470. The third-order valence-electron chi connectivity index (χ3n) is 6.25. The molecule has 0 spiro atoms. The van der Waals surface area contributed by atoms with Gasteiger partial charge in [0.25, 0.3) is 0 Å². The Morgan fingerprint density at radius 1 is 0.931 bits per heavy atom. The fraction of sp³-hybridized carbons (Fsp3) is 0.429. The normalized spacial score (nSPS) is 23.0. The standard InChI is InChI=1S/C21H23Cl2N3O3/c22-16-4-3-15(12-17(16)23)25-7-5-24(6-8-25)9-10-29-26-20(27)18-13-1-2-14(11-13)19(18)21(26)28/h1-4,12-14,27-28H,5-11H2. The molecule has 1 aromatic carbocycles. The van der Waals surface area contributed by atoms with E-state index < -0.39 is 0 Å². The van der Waals surface area contributed by atoms with Crippen LogP contribution in [0.3, 0.4) is 0 Å². The number of hydrogen-bond acceptors (Lipinski definition) is 5. The summed E-state index contributed by atoms with van der Waals surface area (Å²) in [5.41, 5.74) is 2.73. The molecule has 6 nitrogen and oxygen atoms in total. The molecule has 1 fully saturated rings. The van der Waals surface area contributed by atoms with Gasteiger partial charge in [0, 0.05) is 61.4 Å². The quantitative estimate of drug-likeness (QED) is 0.702. The average Bonchev–Trinajstić information content (AvgIpc) is 3.40. The molecular formula is C21H23Cl2N3O3. The molecule has 2 aliphatic carbocycles. The second-order valence-corrected chi connectivity index (χ2v) is 8.68. The molecule has 1 aliphatic heterocycles. The van der Waals surface area contributed by atoms with Crippen LogP contribution >= 0.6 is 23.2 Å². The largest absolute Gasteiger partial charge is 0.492 e. The van der Waals surface area contributed by atoms with Gasteiger partial charge in [-0.25, -0.2) is 0 Å². The van der Waals surface area contributed by atoms with E-state index in [0.29, 0.717) is 16.7 Å². The molecule has 0 amide bonds. The number of fused-ring (bicyclic) bond motifs is 5. The van der Waals surface area contributed by atoms with E-state index in [2.05, 4.69) is 22.0 Å². The average molecular weight is 436 g/mol. The van der Waals surface area contributed by atoms with Crippen LogP contribution in [0, 0.1) is 0 Å². The Bertz CT molecular complexity index is 931. The van der Waals surface area contributed by atoms with Gasteiger partial charge in [-0.1, -0.05) is 35.4 Å². The number of benzene rings is 1. The zero-order chi connectivity index (χ0) is 20.1. The maximum Gasteiger partial charge on any atom is 0.233 e. The Balaban J connectivity index is 1.15. The van der Waals surface area contributed by atoms with Crippen molar-refractivity contribution in [1.29, 1.82) is 0 Å². The van der Waals surface area contributed by atoms with E-state index in [1.54, 1.807) is 0 Å². The first-order valence-electron chi connectivity index (χ1n) is 9.93. The van der Waals surface area contributed by atoms with Crippen LogP contribution in [-0.2, 0) is 0 Å². The Morgan fingerprint density at radius 3 is 2.21 bits per heavy atom. The Kier molecular flexibility index (Phi) is 4.81. The smallest absolute Gasteiger partial charge is 0.233 e. The predicted molar refractivity (Wildman–Crippen MR) is 114 cm³/mol. The monoisotopic (exact) mass is 435 g/mol. The van der Waals surface area contributed by atoms with E-state index in [9.17, 15) is 10.2 Å². The Hall–Kier alpha value is -2.02. The summed E-state index contributed by atoms with van der Waals surface area (Å²) in [7, 11) is 0. The number of aromatic hydroxyl groups is 2. The van der Waals surface area contributed by atoms with Crippen LogP contribution in [0.1, 0.15) is 29.4 Å². The van der Waals surface area contributed by atoms with Crippen LogP contribution in [-0.4, -0.2) is 59.2 Å². The predicted octanol–water partition coefficient (Wildman–Crippen LogP) is 3.60. The van der Waals surface area contributed by atoms with Gasteiger partial charge >= 0.3 is 0 Å². The topological polar surface area (TPSA) is 61.1 Å². The van der Waals surface area contributed by atoms with E-state index in [-0.39, 0.29) is 23.6 Å². The van der Waals surface area contributed by atoms with Crippen molar-refractivity contribution >= 4 is 28.9 Å². The highest BCUT2D eigenvalue weighted by molar-refractivity contribution is 6.42. The first kappa shape index (κ1) is 19.0. The van der Waals surface area contributed by atoms with Crippen molar-refractivity contribution in [2.45, 2.75) is 18.3 Å². The van der Waals surface area contributed by atoms with Gasteiger partial charge < -0.3 is 20.0 Å². The van der Waals surface area contributed by atoms with Gasteiger partial charge in [0.05, 0.1) is 10.0 Å². The van der Waals surface area contributed by atoms with Gasteiger partial charge in [0.2, 0.25) is 11.8 Å². The fourth-order valence-electron chi connectivity index (χ4n) is 4.71. The van der Waals surface area contributed by atoms with Gasteiger partial charge in [-0.3, -0.25) is 4.90 Å². The van der Waals surface area contributed by atoms with Crippen molar-refractivity contribution in [2.75, 3.05) is 44.2 Å². The van der Waals surface area contributed by atoms with Gasteiger partial charge in [-0.15, -0.1) is 4.73 Å². The number of piperazine rings is 1. The second kappa shape index (κ2) is 7.35. The lowest BCUT2D eigenvalue weighted by molar-refractivity contribution is 0.0566. The van der Waals surface area contributed by atoms with Gasteiger partial charge in [0.1, 0.15) is 6.61 Å². The third kappa shape index (κ3) is 3.23. The minimum Gasteiger partial charge on any atom is -0.492 e.